The van der Waals surface area contributed by atoms with Crippen molar-refractivity contribution in [2.24, 2.45) is 21.7 Å². The van der Waals surface area contributed by atoms with Gasteiger partial charge in [0.1, 0.15) is 11.6 Å². The van der Waals surface area contributed by atoms with Gasteiger partial charge >= 0.3 is 12.2 Å². The van der Waals surface area contributed by atoms with Crippen LogP contribution in [0.5, 0.6) is 0 Å². The van der Waals surface area contributed by atoms with Crippen molar-refractivity contribution in [1.29, 1.82) is 0 Å². The number of H-pyrrole nitrogens is 2. The fraction of sp³-hybridized carbons (Fsp3) is 0.542. The molecule has 350 valence electrons. The van der Waals surface area contributed by atoms with E-state index < -0.39 is 82.3 Å². The van der Waals surface area contributed by atoms with E-state index in [1.807, 2.05) is 90.1 Å². The number of imidazole rings is 2. The van der Waals surface area contributed by atoms with Gasteiger partial charge in [0.2, 0.25) is 0 Å². The molecule has 2 heterocycles. The number of rotatable bonds is 15. The van der Waals surface area contributed by atoms with Gasteiger partial charge in [0.15, 0.2) is 11.2 Å². The predicted molar refractivity (Wildman–Crippen MR) is 244 cm³/mol. The fourth-order valence-electron chi connectivity index (χ4n) is 6.64. The predicted octanol–water partition coefficient (Wildman–Crippen LogP) is 9.45. The average Bonchev–Trinajstić information content (AvgIpc) is 3.91. The van der Waals surface area contributed by atoms with Crippen LogP contribution in [0, 0.1) is 21.7 Å². The SMILES string of the molecule is CN(C)C(=O)OC(C)(C(=O)NC(c1ncc(-c2ccc(-c3ccc(-c4cnc(C(NC(=O)C(C)(OC(=O)N(C)C)C(C)(C)CF)C(C)(C)C)[nH]4)cc3)cc2)[nH]1)C(C)(C)C)C(C)(C)CF. The van der Waals surface area contributed by atoms with Gasteiger partial charge in [-0.1, -0.05) is 118 Å². The van der Waals surface area contributed by atoms with E-state index in [9.17, 15) is 28.0 Å². The largest absolute Gasteiger partial charge is 0.432 e. The first-order valence-corrected chi connectivity index (χ1v) is 21.3. The first kappa shape index (κ1) is 50.8. The maximum atomic E-state index is 14.3. The molecule has 0 aliphatic carbocycles. The van der Waals surface area contributed by atoms with Crippen molar-refractivity contribution >= 4 is 24.0 Å². The summed E-state index contributed by atoms with van der Waals surface area (Å²) in [4.78, 5) is 71.6. The van der Waals surface area contributed by atoms with Crippen LogP contribution in [0.25, 0.3) is 33.6 Å². The molecule has 14 nitrogen and oxygen atoms in total. The molecule has 4 aromatic rings. The monoisotopic (exact) mass is 891 g/mol. The van der Waals surface area contributed by atoms with Crippen molar-refractivity contribution in [2.75, 3.05) is 41.5 Å². The normalized spacial score (nSPS) is 15.2. The minimum absolute atomic E-state index is 0.484. The number of hydrogen-bond acceptors (Lipinski definition) is 8. The number of carbonyl (C=O) groups is 4. The molecule has 0 saturated heterocycles. The number of halogens is 2. The Labute approximate surface area is 376 Å². The zero-order valence-corrected chi connectivity index (χ0v) is 40.3. The number of amides is 4. The number of alkyl halides is 2. The van der Waals surface area contributed by atoms with Crippen LogP contribution < -0.4 is 10.6 Å². The van der Waals surface area contributed by atoms with E-state index in [0.29, 0.717) is 11.6 Å². The number of ether oxygens (including phenoxy) is 2. The highest BCUT2D eigenvalue weighted by atomic mass is 19.1. The number of aromatic amines is 2. The van der Waals surface area contributed by atoms with Gasteiger partial charge in [-0.25, -0.2) is 19.6 Å². The molecule has 0 saturated carbocycles. The number of aromatic nitrogens is 4. The summed E-state index contributed by atoms with van der Waals surface area (Å²) >= 11 is 0. The molecule has 0 aliphatic rings. The zero-order chi connectivity index (χ0) is 48.4. The molecule has 64 heavy (non-hydrogen) atoms. The van der Waals surface area contributed by atoms with E-state index >= 15 is 0 Å². The van der Waals surface area contributed by atoms with Gasteiger partial charge in [-0.3, -0.25) is 18.4 Å². The summed E-state index contributed by atoms with van der Waals surface area (Å²) in [5, 5.41) is 6.01. The molecule has 2 aromatic heterocycles. The van der Waals surface area contributed by atoms with Crippen LogP contribution in [-0.4, -0.2) is 106 Å². The van der Waals surface area contributed by atoms with Gasteiger partial charge < -0.3 is 39.9 Å². The van der Waals surface area contributed by atoms with Crippen molar-refractivity contribution in [2.45, 2.75) is 106 Å². The molecular formula is C48H68F2N8O6. The standard InChI is InChI=1S/C48H68F2N8O6/c1-43(2,3)35(55-39(59)47(11,45(7,8)27-49)63-41(61)57(13)14)37-51-25-33(53-37)31-21-17-29(18-22-31)30-19-23-32(24-20-30)34-26-52-38(54-34)36(44(4,5)6)56-40(60)48(12,46(9,10)28-50)64-42(62)58(15)16/h17-26,35-36H,27-28H2,1-16H3,(H,51,53)(H,52,54)(H,55,59)(H,56,60). The zero-order valence-electron chi connectivity index (χ0n) is 40.3. The quantitative estimate of drug-likeness (QED) is 0.0913. The topological polar surface area (TPSA) is 175 Å². The summed E-state index contributed by atoms with van der Waals surface area (Å²) in [5.41, 5.74) is -2.36. The number of nitrogens with one attached hydrogen (secondary N) is 4. The molecule has 4 rings (SSSR count). The second-order valence-corrected chi connectivity index (χ2v) is 20.7. The Morgan fingerprint density at radius 2 is 0.828 bits per heavy atom. The average molecular weight is 891 g/mol. The minimum atomic E-state index is -1.84. The lowest BCUT2D eigenvalue weighted by Crippen LogP contribution is -2.60. The van der Waals surface area contributed by atoms with Crippen LogP contribution in [0.4, 0.5) is 18.4 Å². The summed E-state index contributed by atoms with van der Waals surface area (Å²) < 4.78 is 40.0. The Morgan fingerprint density at radius 1 is 0.547 bits per heavy atom. The summed E-state index contributed by atoms with van der Waals surface area (Å²) in [7, 11) is 5.98. The van der Waals surface area contributed by atoms with Crippen molar-refractivity contribution in [1.82, 2.24) is 40.4 Å². The van der Waals surface area contributed by atoms with E-state index in [1.54, 1.807) is 40.1 Å². The maximum absolute atomic E-state index is 14.3. The molecule has 0 aliphatic heterocycles. The van der Waals surface area contributed by atoms with E-state index in [-0.39, 0.29) is 0 Å². The lowest BCUT2D eigenvalue weighted by atomic mass is 9.75. The Hall–Kier alpha value is -5.80. The van der Waals surface area contributed by atoms with Crippen molar-refractivity contribution in [3.05, 3.63) is 72.6 Å². The molecule has 4 unspecified atom stereocenters. The Morgan fingerprint density at radius 3 is 1.08 bits per heavy atom. The first-order valence-electron chi connectivity index (χ1n) is 21.3. The smallest absolute Gasteiger partial charge is 0.410 e. The molecule has 16 heteroatoms. The number of carbonyl (C=O) groups excluding carboxylic acids is 4. The maximum Gasteiger partial charge on any atom is 0.410 e. The van der Waals surface area contributed by atoms with Gasteiger partial charge in [0.05, 0.1) is 49.2 Å². The van der Waals surface area contributed by atoms with E-state index in [2.05, 4.69) is 30.6 Å². The number of hydrogen-bond donors (Lipinski definition) is 4. The summed E-state index contributed by atoms with van der Waals surface area (Å²) in [6.07, 6.45) is 1.86. The molecule has 4 amide bonds. The third-order valence-electron chi connectivity index (χ3n) is 12.2. The number of benzene rings is 2. The van der Waals surface area contributed by atoms with Crippen molar-refractivity contribution in [3.8, 4) is 33.6 Å². The van der Waals surface area contributed by atoms with Gasteiger partial charge in [-0.15, -0.1) is 0 Å². The highest BCUT2D eigenvalue weighted by molar-refractivity contribution is 5.89. The van der Waals surface area contributed by atoms with E-state index in [1.165, 1.54) is 51.8 Å². The molecule has 0 fully saturated rings. The molecular weight excluding hydrogens is 823 g/mol. The number of nitrogens with zero attached hydrogens (tertiary/aromatic N) is 4. The molecule has 0 bridgehead atoms. The summed E-state index contributed by atoms with van der Waals surface area (Å²) in [6.45, 7) is 18.9. The van der Waals surface area contributed by atoms with Crippen LogP contribution in [0.15, 0.2) is 60.9 Å². The van der Waals surface area contributed by atoms with Crippen LogP contribution in [-0.2, 0) is 19.1 Å². The molecule has 0 radical (unpaired) electrons. The molecule has 4 atom stereocenters. The minimum Gasteiger partial charge on any atom is -0.432 e. The van der Waals surface area contributed by atoms with Crippen LogP contribution in [0.1, 0.15) is 107 Å². The van der Waals surface area contributed by atoms with Crippen LogP contribution >= 0.6 is 0 Å². The third kappa shape index (κ3) is 10.8. The second kappa shape index (κ2) is 18.7. The third-order valence-corrected chi connectivity index (χ3v) is 12.2. The summed E-state index contributed by atoms with van der Waals surface area (Å²) in [5.74, 6) is -0.321. The van der Waals surface area contributed by atoms with E-state index in [4.69, 9.17) is 9.47 Å². The first-order chi connectivity index (χ1) is 29.4. The van der Waals surface area contributed by atoms with E-state index in [0.717, 1.165) is 33.6 Å². The highest BCUT2D eigenvalue weighted by Gasteiger charge is 2.54. The van der Waals surface area contributed by atoms with Crippen molar-refractivity contribution in [3.63, 3.8) is 0 Å². The Balaban J connectivity index is 1.54. The van der Waals surface area contributed by atoms with Gasteiger partial charge in [-0.2, -0.15) is 0 Å². The second-order valence-electron chi connectivity index (χ2n) is 20.7. The lowest BCUT2D eigenvalue weighted by Gasteiger charge is -2.42. The lowest BCUT2D eigenvalue weighted by molar-refractivity contribution is -0.156. The van der Waals surface area contributed by atoms with Crippen LogP contribution in [0.3, 0.4) is 0 Å². The molecule has 4 N–H and O–H groups in total. The van der Waals surface area contributed by atoms with Crippen molar-refractivity contribution < 1.29 is 37.4 Å². The van der Waals surface area contributed by atoms with Gasteiger partial charge in [0.25, 0.3) is 11.8 Å². The highest BCUT2D eigenvalue weighted by Crippen LogP contribution is 2.41. The molecule has 0 spiro atoms. The Kier molecular flexibility index (Phi) is 14.9. The fourth-order valence-corrected chi connectivity index (χ4v) is 6.64. The van der Waals surface area contributed by atoms with Gasteiger partial charge in [-0.05, 0) is 46.9 Å². The van der Waals surface area contributed by atoms with Gasteiger partial charge in [0, 0.05) is 39.0 Å². The summed E-state index contributed by atoms with van der Waals surface area (Å²) in [6, 6.07) is 14.5. The Bertz CT molecular complexity index is 2110. The van der Waals surface area contributed by atoms with Crippen LogP contribution in [0.2, 0.25) is 0 Å². The molecule has 2 aromatic carbocycles.